The van der Waals surface area contributed by atoms with Gasteiger partial charge >= 0.3 is 5.97 Å². The number of rotatable bonds is 8. The number of hydrogen-bond acceptors (Lipinski definition) is 5. The lowest BCUT2D eigenvalue weighted by Crippen LogP contribution is -2.36. The summed E-state index contributed by atoms with van der Waals surface area (Å²) in [5.74, 6) is -0.465. The summed E-state index contributed by atoms with van der Waals surface area (Å²) >= 11 is 0. The zero-order valence-corrected chi connectivity index (χ0v) is 19.9. The van der Waals surface area contributed by atoms with E-state index in [4.69, 9.17) is 9.84 Å². The average Bonchev–Trinajstić information content (AvgIpc) is 3.23. The van der Waals surface area contributed by atoms with Gasteiger partial charge in [-0.15, -0.1) is 0 Å². The first kappa shape index (κ1) is 23.5. The number of aromatic amines is 1. The van der Waals surface area contributed by atoms with E-state index in [1.54, 1.807) is 20.8 Å². The van der Waals surface area contributed by atoms with Gasteiger partial charge in [0, 0.05) is 23.5 Å². The Hall–Kier alpha value is -3.19. The Kier molecular flexibility index (Phi) is 6.99. The Morgan fingerprint density at radius 2 is 1.81 bits per heavy atom. The van der Waals surface area contributed by atoms with Crippen LogP contribution in [0.2, 0.25) is 0 Å². The smallest absolute Gasteiger partial charge is 0.340 e. The third-order valence-electron chi connectivity index (χ3n) is 6.05. The van der Waals surface area contributed by atoms with Crippen LogP contribution in [-0.2, 0) is 11.3 Å². The first-order valence-corrected chi connectivity index (χ1v) is 10.9. The number of ketones is 1. The minimum atomic E-state index is -0.404. The number of nitrogens with zero attached hydrogens (tertiary/aromatic N) is 3. The van der Waals surface area contributed by atoms with Crippen molar-refractivity contribution in [1.82, 2.24) is 19.7 Å². The van der Waals surface area contributed by atoms with Crippen LogP contribution in [0.4, 0.5) is 0 Å². The minimum absolute atomic E-state index is 0.0607. The van der Waals surface area contributed by atoms with Crippen molar-refractivity contribution in [2.24, 2.45) is 0 Å². The molecule has 0 spiro atoms. The number of Topliss-reactive ketones (excluding diaryl/α,β-unsaturated/α-hetero) is 1. The molecule has 2 heterocycles. The van der Waals surface area contributed by atoms with E-state index in [0.717, 1.165) is 22.6 Å². The minimum Gasteiger partial charge on any atom is -0.462 e. The van der Waals surface area contributed by atoms with Gasteiger partial charge in [-0.2, -0.15) is 5.10 Å². The normalized spacial score (nSPS) is 12.2. The summed E-state index contributed by atoms with van der Waals surface area (Å²) in [6, 6.07) is 9.62. The van der Waals surface area contributed by atoms with Crippen LogP contribution in [0.1, 0.15) is 62.9 Å². The lowest BCUT2D eigenvalue weighted by molar-refractivity contribution is 0.0525. The van der Waals surface area contributed by atoms with Crippen molar-refractivity contribution >= 4 is 11.8 Å². The van der Waals surface area contributed by atoms with Gasteiger partial charge in [0.1, 0.15) is 0 Å². The van der Waals surface area contributed by atoms with Crippen LogP contribution in [-0.4, -0.2) is 51.1 Å². The van der Waals surface area contributed by atoms with Crippen molar-refractivity contribution in [3.8, 4) is 5.69 Å². The van der Waals surface area contributed by atoms with E-state index in [2.05, 4.69) is 4.98 Å². The van der Waals surface area contributed by atoms with Crippen LogP contribution < -0.4 is 0 Å². The summed E-state index contributed by atoms with van der Waals surface area (Å²) in [5.41, 5.74) is 6.29. The lowest BCUT2D eigenvalue weighted by atomic mass is 10.0. The SMILES string of the molecule is CCOC(=O)c1c(C)[nH]c(C(=O)C(C)N(C)Cc2c(C)nn(-c3ccccc3)c2C)c1C. The second-order valence-corrected chi connectivity index (χ2v) is 8.20. The van der Waals surface area contributed by atoms with Gasteiger partial charge in [-0.05, 0) is 66.3 Å². The van der Waals surface area contributed by atoms with E-state index >= 15 is 0 Å². The number of carbonyl (C=O) groups is 2. The van der Waals surface area contributed by atoms with Gasteiger partial charge in [0.25, 0.3) is 0 Å². The van der Waals surface area contributed by atoms with E-state index in [1.807, 2.05) is 67.7 Å². The third-order valence-corrected chi connectivity index (χ3v) is 6.05. The van der Waals surface area contributed by atoms with Crippen molar-refractivity contribution in [1.29, 1.82) is 0 Å². The monoisotopic (exact) mass is 436 g/mol. The molecule has 7 nitrogen and oxygen atoms in total. The van der Waals surface area contributed by atoms with E-state index in [0.29, 0.717) is 35.7 Å². The Bertz CT molecular complexity index is 1130. The fourth-order valence-corrected chi connectivity index (χ4v) is 4.03. The molecule has 2 aromatic heterocycles. The molecule has 3 aromatic rings. The quantitative estimate of drug-likeness (QED) is 0.420. The van der Waals surface area contributed by atoms with Gasteiger partial charge in [-0.25, -0.2) is 9.48 Å². The van der Waals surface area contributed by atoms with Crippen molar-refractivity contribution < 1.29 is 14.3 Å². The topological polar surface area (TPSA) is 80.2 Å². The summed E-state index contributed by atoms with van der Waals surface area (Å²) < 4.78 is 7.08. The number of carbonyl (C=O) groups excluding carboxylic acids is 2. The molecule has 0 saturated carbocycles. The summed E-state index contributed by atoms with van der Waals surface area (Å²) in [4.78, 5) is 30.7. The first-order valence-electron chi connectivity index (χ1n) is 10.9. The molecular weight excluding hydrogens is 404 g/mol. The fraction of sp³-hybridized carbons (Fsp3) is 0.400. The second-order valence-electron chi connectivity index (χ2n) is 8.20. The zero-order chi connectivity index (χ0) is 23.6. The molecule has 0 amide bonds. The van der Waals surface area contributed by atoms with Crippen LogP contribution in [0.15, 0.2) is 30.3 Å². The molecule has 1 atom stereocenters. The van der Waals surface area contributed by atoms with Crippen molar-refractivity contribution in [3.05, 3.63) is 69.8 Å². The number of aromatic nitrogens is 3. The van der Waals surface area contributed by atoms with Crippen LogP contribution in [0, 0.1) is 27.7 Å². The van der Waals surface area contributed by atoms with Gasteiger partial charge in [0.15, 0.2) is 5.78 Å². The highest BCUT2D eigenvalue weighted by molar-refractivity contribution is 6.03. The molecular formula is C25H32N4O3. The summed E-state index contributed by atoms with van der Waals surface area (Å²) in [7, 11) is 1.93. The van der Waals surface area contributed by atoms with E-state index in [9.17, 15) is 9.59 Å². The van der Waals surface area contributed by atoms with E-state index in [-0.39, 0.29) is 11.8 Å². The number of H-pyrrole nitrogens is 1. The molecule has 0 aliphatic rings. The highest BCUT2D eigenvalue weighted by Crippen LogP contribution is 2.23. The first-order chi connectivity index (χ1) is 15.2. The van der Waals surface area contributed by atoms with Crippen molar-refractivity contribution in [3.63, 3.8) is 0 Å². The molecule has 1 aromatic carbocycles. The van der Waals surface area contributed by atoms with Crippen molar-refractivity contribution in [2.45, 2.75) is 54.1 Å². The predicted octanol–water partition coefficient (Wildman–Crippen LogP) is 4.31. The summed E-state index contributed by atoms with van der Waals surface area (Å²) in [6.45, 7) is 12.1. The molecule has 3 rings (SSSR count). The molecule has 0 fully saturated rings. The maximum absolute atomic E-state index is 13.3. The Balaban J connectivity index is 1.82. The molecule has 0 bridgehead atoms. The van der Waals surface area contributed by atoms with Gasteiger partial charge < -0.3 is 9.72 Å². The second kappa shape index (κ2) is 9.53. The van der Waals surface area contributed by atoms with Gasteiger partial charge in [0.2, 0.25) is 0 Å². The largest absolute Gasteiger partial charge is 0.462 e. The van der Waals surface area contributed by atoms with Gasteiger partial charge in [-0.1, -0.05) is 18.2 Å². The maximum Gasteiger partial charge on any atom is 0.340 e. The number of hydrogen-bond donors (Lipinski definition) is 1. The number of benzene rings is 1. The molecule has 0 saturated heterocycles. The van der Waals surface area contributed by atoms with Crippen LogP contribution in [0.25, 0.3) is 5.69 Å². The Labute approximate surface area is 189 Å². The predicted molar refractivity (Wildman–Crippen MR) is 125 cm³/mol. The molecule has 0 radical (unpaired) electrons. The van der Waals surface area contributed by atoms with Crippen LogP contribution >= 0.6 is 0 Å². The fourth-order valence-electron chi connectivity index (χ4n) is 4.03. The zero-order valence-electron chi connectivity index (χ0n) is 19.9. The number of nitrogens with one attached hydrogen (secondary N) is 1. The molecule has 170 valence electrons. The molecule has 32 heavy (non-hydrogen) atoms. The molecule has 0 aliphatic carbocycles. The van der Waals surface area contributed by atoms with Crippen LogP contribution in [0.5, 0.6) is 0 Å². The van der Waals surface area contributed by atoms with Gasteiger partial charge in [0.05, 0.1) is 35.3 Å². The summed E-state index contributed by atoms with van der Waals surface area (Å²) in [6.07, 6.45) is 0. The lowest BCUT2D eigenvalue weighted by Gasteiger charge is -2.23. The molecule has 0 aliphatic heterocycles. The Morgan fingerprint density at radius 1 is 1.16 bits per heavy atom. The number of aryl methyl sites for hydroxylation is 2. The number of esters is 1. The summed E-state index contributed by atoms with van der Waals surface area (Å²) in [5, 5.41) is 4.71. The number of ether oxygens (including phenoxy) is 1. The van der Waals surface area contributed by atoms with Gasteiger partial charge in [-0.3, -0.25) is 9.69 Å². The van der Waals surface area contributed by atoms with Crippen molar-refractivity contribution in [2.75, 3.05) is 13.7 Å². The van der Waals surface area contributed by atoms with E-state index in [1.165, 1.54) is 0 Å². The van der Waals surface area contributed by atoms with E-state index < -0.39 is 5.97 Å². The molecule has 7 heteroatoms. The molecule has 1 N–H and O–H groups in total. The highest BCUT2D eigenvalue weighted by Gasteiger charge is 2.28. The standard InChI is InChI=1S/C25H32N4O3/c1-8-32-25(31)22-15(2)23(26-17(22)4)24(30)19(6)28(7)14-21-16(3)27-29(18(21)5)20-12-10-9-11-13-20/h9-13,19,26H,8,14H2,1-7H3. The third kappa shape index (κ3) is 4.39. The average molecular weight is 437 g/mol. The number of likely N-dealkylation sites (N-methyl/N-ethyl adjacent to an activating group) is 1. The van der Waals surface area contributed by atoms with Crippen LogP contribution in [0.3, 0.4) is 0 Å². The number of para-hydroxylation sites is 1. The Morgan fingerprint density at radius 3 is 2.44 bits per heavy atom. The highest BCUT2D eigenvalue weighted by atomic mass is 16.5. The molecule has 1 unspecified atom stereocenters. The maximum atomic E-state index is 13.3.